The summed E-state index contributed by atoms with van der Waals surface area (Å²) in [7, 11) is 0. The van der Waals surface area contributed by atoms with Crippen molar-refractivity contribution in [1.82, 2.24) is 4.98 Å². The van der Waals surface area contributed by atoms with Crippen LogP contribution < -0.4 is 0 Å². The first-order chi connectivity index (χ1) is 12.5. The topological polar surface area (TPSA) is 37.6 Å². The van der Waals surface area contributed by atoms with Gasteiger partial charge in [0.2, 0.25) is 0 Å². The molecule has 7 heteroatoms. The normalized spacial score (nSPS) is 11.4. The van der Waals surface area contributed by atoms with Crippen molar-refractivity contribution in [1.29, 1.82) is 0 Å². The molecule has 0 aliphatic carbocycles. The minimum atomic E-state index is -0.389. The molecule has 0 aliphatic rings. The molecule has 2 aromatic carbocycles. The van der Waals surface area contributed by atoms with Gasteiger partial charge in [-0.1, -0.05) is 30.3 Å². The molecule has 0 amide bonds. The van der Waals surface area contributed by atoms with Gasteiger partial charge in [-0.05, 0) is 50.2 Å². The van der Waals surface area contributed by atoms with E-state index in [2.05, 4.69) is 15.0 Å². The molecule has 146 valence electrons. The Morgan fingerprint density at radius 1 is 0.679 bits per heavy atom. The Morgan fingerprint density at radius 3 is 1.46 bits per heavy atom. The van der Waals surface area contributed by atoms with Gasteiger partial charge in [0.05, 0.1) is 34.2 Å². The van der Waals surface area contributed by atoms with Crippen LogP contribution in [0.5, 0.6) is 0 Å². The van der Waals surface area contributed by atoms with Gasteiger partial charge in [-0.25, -0.2) is 23.7 Å². The molecule has 0 radical (unpaired) electrons. The summed E-state index contributed by atoms with van der Waals surface area (Å²) in [5.74, 6) is -0.777. The zero-order chi connectivity index (χ0) is 18.5. The van der Waals surface area contributed by atoms with Crippen molar-refractivity contribution in [3.05, 3.63) is 89.8 Å². The SMILES string of the molecule is CC(=Nc1ccccc1F)c1cccc(C(C)=Nc2ccccc2F)n1.Cl.[Fe]. The number of pyridine rings is 1. The molecule has 0 saturated carbocycles. The minimum absolute atomic E-state index is 0. The Bertz CT molecular complexity index is 929. The summed E-state index contributed by atoms with van der Waals surface area (Å²) in [5, 5.41) is 0. The summed E-state index contributed by atoms with van der Waals surface area (Å²) in [4.78, 5) is 13.1. The first kappa shape index (κ1) is 23.6. The molecule has 28 heavy (non-hydrogen) atoms. The van der Waals surface area contributed by atoms with Crippen molar-refractivity contribution in [2.45, 2.75) is 13.8 Å². The number of hydrogen-bond acceptors (Lipinski definition) is 3. The van der Waals surface area contributed by atoms with Gasteiger partial charge in [-0.2, -0.15) is 0 Å². The summed E-state index contributed by atoms with van der Waals surface area (Å²) < 4.78 is 27.5. The second-order valence-electron chi connectivity index (χ2n) is 5.71. The van der Waals surface area contributed by atoms with E-state index in [1.807, 2.05) is 6.07 Å². The molecule has 0 N–H and O–H groups in total. The van der Waals surface area contributed by atoms with E-state index in [1.165, 1.54) is 12.1 Å². The molecule has 3 aromatic rings. The van der Waals surface area contributed by atoms with Crippen LogP contribution in [-0.2, 0) is 17.1 Å². The fourth-order valence-corrected chi connectivity index (χ4v) is 2.40. The van der Waals surface area contributed by atoms with E-state index in [1.54, 1.807) is 62.4 Å². The van der Waals surface area contributed by atoms with Crippen LogP contribution in [0.25, 0.3) is 0 Å². The fraction of sp³-hybridized carbons (Fsp3) is 0.0952. The van der Waals surface area contributed by atoms with Crippen LogP contribution in [0, 0.1) is 11.6 Å². The van der Waals surface area contributed by atoms with Crippen LogP contribution in [0.15, 0.2) is 76.7 Å². The largest absolute Gasteiger partial charge is 0.248 e. The maximum Gasteiger partial charge on any atom is 0.148 e. The Kier molecular flexibility index (Phi) is 9.13. The predicted molar refractivity (Wildman–Crippen MR) is 108 cm³/mol. The van der Waals surface area contributed by atoms with Gasteiger partial charge >= 0.3 is 0 Å². The van der Waals surface area contributed by atoms with Gasteiger partial charge in [0.1, 0.15) is 11.6 Å². The standard InChI is InChI=1S/C21H17F2N3.ClH.Fe/c1-14(24-20-10-5-3-8-16(20)22)18-12-7-13-19(26-18)15(2)25-21-11-6-4-9-17(21)23;;/h3-13H,1-2H3;1H;. The molecule has 0 atom stereocenters. The molecule has 1 heterocycles. The third-order valence-corrected chi connectivity index (χ3v) is 3.77. The van der Waals surface area contributed by atoms with E-state index < -0.39 is 0 Å². The van der Waals surface area contributed by atoms with Crippen LogP contribution in [0.4, 0.5) is 20.2 Å². The van der Waals surface area contributed by atoms with Gasteiger partial charge in [-0.3, -0.25) is 0 Å². The third-order valence-electron chi connectivity index (χ3n) is 3.77. The van der Waals surface area contributed by atoms with E-state index in [4.69, 9.17) is 0 Å². The summed E-state index contributed by atoms with van der Waals surface area (Å²) in [6.45, 7) is 3.53. The molecule has 3 nitrogen and oxygen atoms in total. The average Bonchev–Trinajstić information content (AvgIpc) is 2.65. The molecular formula is C21H18ClF2FeN3. The molecule has 0 spiro atoms. The average molecular weight is 442 g/mol. The first-order valence-corrected chi connectivity index (χ1v) is 8.12. The van der Waals surface area contributed by atoms with Crippen molar-refractivity contribution in [2.24, 2.45) is 9.98 Å². The van der Waals surface area contributed by atoms with E-state index in [-0.39, 0.29) is 52.5 Å². The van der Waals surface area contributed by atoms with Crippen LogP contribution in [0.2, 0.25) is 0 Å². The molecule has 0 fully saturated rings. The van der Waals surface area contributed by atoms with Gasteiger partial charge in [-0.15, -0.1) is 12.4 Å². The smallest absolute Gasteiger partial charge is 0.148 e. The number of para-hydroxylation sites is 2. The van der Waals surface area contributed by atoms with E-state index in [0.717, 1.165) is 0 Å². The fourth-order valence-electron chi connectivity index (χ4n) is 2.40. The zero-order valence-electron chi connectivity index (χ0n) is 15.2. The van der Waals surface area contributed by atoms with E-state index >= 15 is 0 Å². The Morgan fingerprint density at radius 2 is 1.07 bits per heavy atom. The van der Waals surface area contributed by atoms with Gasteiger partial charge in [0.25, 0.3) is 0 Å². The number of halogens is 3. The quantitative estimate of drug-likeness (QED) is 0.358. The van der Waals surface area contributed by atoms with Gasteiger partial charge < -0.3 is 0 Å². The predicted octanol–water partition coefficient (Wildman–Crippen LogP) is 6.06. The van der Waals surface area contributed by atoms with Crippen LogP contribution >= 0.6 is 12.4 Å². The van der Waals surface area contributed by atoms with Crippen molar-refractivity contribution in [2.75, 3.05) is 0 Å². The van der Waals surface area contributed by atoms with Gasteiger partial charge in [0.15, 0.2) is 0 Å². The Balaban J connectivity index is 0.00000196. The molecule has 0 aliphatic heterocycles. The number of aliphatic imine (C=N–C) groups is 2. The maximum absolute atomic E-state index is 13.8. The number of aromatic nitrogens is 1. The van der Waals surface area contributed by atoms with Crippen molar-refractivity contribution < 1.29 is 25.8 Å². The van der Waals surface area contributed by atoms with E-state index in [9.17, 15) is 8.78 Å². The summed E-state index contributed by atoms with van der Waals surface area (Å²) in [6.07, 6.45) is 0. The molecule has 0 bridgehead atoms. The second kappa shape index (κ2) is 10.8. The van der Waals surface area contributed by atoms with E-state index in [0.29, 0.717) is 22.8 Å². The van der Waals surface area contributed by atoms with Crippen LogP contribution in [0.1, 0.15) is 25.2 Å². The summed E-state index contributed by atoms with van der Waals surface area (Å²) in [6, 6.07) is 18.0. The van der Waals surface area contributed by atoms with Gasteiger partial charge in [0, 0.05) is 17.1 Å². The second-order valence-corrected chi connectivity index (χ2v) is 5.71. The number of nitrogens with zero attached hydrogens (tertiary/aromatic N) is 3. The molecule has 3 rings (SSSR count). The van der Waals surface area contributed by atoms with Crippen molar-refractivity contribution >= 4 is 35.2 Å². The van der Waals surface area contributed by atoms with Crippen molar-refractivity contribution in [3.8, 4) is 0 Å². The number of benzene rings is 2. The molecule has 0 saturated heterocycles. The summed E-state index contributed by atoms with van der Waals surface area (Å²) in [5.41, 5.74) is 2.89. The monoisotopic (exact) mass is 441 g/mol. The zero-order valence-corrected chi connectivity index (χ0v) is 17.1. The van der Waals surface area contributed by atoms with Crippen molar-refractivity contribution in [3.63, 3.8) is 0 Å². The molecular weight excluding hydrogens is 424 g/mol. The van der Waals surface area contributed by atoms with Crippen LogP contribution in [-0.4, -0.2) is 16.4 Å². The first-order valence-electron chi connectivity index (χ1n) is 8.12. The molecule has 0 unspecified atom stereocenters. The molecule has 1 aromatic heterocycles. The Labute approximate surface area is 179 Å². The summed E-state index contributed by atoms with van der Waals surface area (Å²) >= 11 is 0. The Hall–Kier alpha value is -2.40. The number of hydrogen-bond donors (Lipinski definition) is 0. The third kappa shape index (κ3) is 5.80. The maximum atomic E-state index is 13.8. The minimum Gasteiger partial charge on any atom is -0.248 e. The van der Waals surface area contributed by atoms with Crippen LogP contribution in [0.3, 0.4) is 0 Å². The number of rotatable bonds is 4.